The highest BCUT2D eigenvalue weighted by Crippen LogP contribution is 2.16. The molecule has 0 amide bonds. The monoisotopic (exact) mass is 530 g/mol. The third kappa shape index (κ3) is 8.20. The third-order valence-electron chi connectivity index (χ3n) is 5.74. The molecule has 1 unspecified atom stereocenters. The fourth-order valence-corrected chi connectivity index (χ4v) is 3.90. The lowest BCUT2D eigenvalue weighted by molar-refractivity contribution is 0.0389. The van der Waals surface area contributed by atoms with Crippen LogP contribution in [0.2, 0.25) is 0 Å². The standard InChI is InChI=1S/C22H38N6O.HI/c1-3-23-22(24-9-10-26-15-17-29-18-16-26)25-19-20(2)27-11-13-28(14-12-27)21-7-5-4-6-8-21;/h4-8,20H,3,9-19H2,1-2H3,(H2,23,24,25);1H. The molecule has 1 aromatic rings. The van der Waals surface area contributed by atoms with Gasteiger partial charge in [0.25, 0.3) is 0 Å². The first-order chi connectivity index (χ1) is 14.3. The van der Waals surface area contributed by atoms with Crippen LogP contribution in [0, 0.1) is 0 Å². The van der Waals surface area contributed by atoms with Crippen molar-refractivity contribution in [2.75, 3.05) is 83.6 Å². The van der Waals surface area contributed by atoms with E-state index in [1.807, 2.05) is 0 Å². The molecule has 2 aliphatic heterocycles. The zero-order valence-corrected chi connectivity index (χ0v) is 20.9. The largest absolute Gasteiger partial charge is 0.379 e. The van der Waals surface area contributed by atoms with Crippen molar-refractivity contribution in [3.05, 3.63) is 30.3 Å². The van der Waals surface area contributed by atoms with E-state index in [9.17, 15) is 0 Å². The Labute approximate surface area is 199 Å². The molecule has 1 aromatic carbocycles. The molecule has 0 aliphatic carbocycles. The van der Waals surface area contributed by atoms with E-state index in [0.29, 0.717) is 6.04 Å². The summed E-state index contributed by atoms with van der Waals surface area (Å²) in [6, 6.07) is 11.2. The highest BCUT2D eigenvalue weighted by Gasteiger charge is 2.21. The fraction of sp³-hybridized carbons (Fsp3) is 0.682. The molecule has 0 bridgehead atoms. The SMILES string of the molecule is CCNC(=NCC(C)N1CCN(c2ccccc2)CC1)NCCN1CCOCC1.I. The van der Waals surface area contributed by atoms with Gasteiger partial charge in [0.2, 0.25) is 0 Å². The van der Waals surface area contributed by atoms with Gasteiger partial charge in [-0.15, -0.1) is 24.0 Å². The van der Waals surface area contributed by atoms with E-state index < -0.39 is 0 Å². The van der Waals surface area contributed by atoms with Crippen molar-refractivity contribution in [3.8, 4) is 0 Å². The number of anilines is 1. The molecule has 1 atom stereocenters. The smallest absolute Gasteiger partial charge is 0.191 e. The number of para-hydroxylation sites is 1. The van der Waals surface area contributed by atoms with Crippen molar-refractivity contribution in [2.45, 2.75) is 19.9 Å². The van der Waals surface area contributed by atoms with Crippen LogP contribution in [0.4, 0.5) is 5.69 Å². The molecule has 8 heteroatoms. The Bertz CT molecular complexity index is 603. The quantitative estimate of drug-likeness (QED) is 0.303. The number of rotatable bonds is 8. The summed E-state index contributed by atoms with van der Waals surface area (Å²) in [4.78, 5) is 12.3. The molecule has 2 saturated heterocycles. The topological polar surface area (TPSA) is 55.4 Å². The Hall–Kier alpha value is -1.10. The van der Waals surface area contributed by atoms with Gasteiger partial charge in [0.1, 0.15) is 0 Å². The first-order valence-corrected chi connectivity index (χ1v) is 11.1. The molecule has 2 N–H and O–H groups in total. The molecule has 3 rings (SSSR count). The molecule has 0 radical (unpaired) electrons. The first-order valence-electron chi connectivity index (χ1n) is 11.1. The van der Waals surface area contributed by atoms with Gasteiger partial charge in [-0.25, -0.2) is 0 Å². The first kappa shape index (κ1) is 25.2. The minimum Gasteiger partial charge on any atom is -0.379 e. The summed E-state index contributed by atoms with van der Waals surface area (Å²) in [5.41, 5.74) is 1.33. The fourth-order valence-electron chi connectivity index (χ4n) is 3.90. The van der Waals surface area contributed by atoms with Gasteiger partial charge in [0, 0.05) is 70.6 Å². The normalized spacial score (nSPS) is 19.8. The Balaban J connectivity index is 0.00000320. The average Bonchev–Trinajstić information content (AvgIpc) is 2.78. The number of nitrogens with one attached hydrogen (secondary N) is 2. The Morgan fingerprint density at radius 3 is 2.40 bits per heavy atom. The van der Waals surface area contributed by atoms with Crippen LogP contribution in [0.5, 0.6) is 0 Å². The average molecular weight is 530 g/mol. The zero-order valence-electron chi connectivity index (χ0n) is 18.6. The van der Waals surface area contributed by atoms with Gasteiger partial charge in [-0.2, -0.15) is 0 Å². The van der Waals surface area contributed by atoms with Crippen LogP contribution < -0.4 is 15.5 Å². The second kappa shape index (κ2) is 14.1. The Morgan fingerprint density at radius 2 is 1.73 bits per heavy atom. The van der Waals surface area contributed by atoms with E-state index in [2.05, 4.69) is 69.5 Å². The minimum atomic E-state index is 0. The maximum atomic E-state index is 5.41. The van der Waals surface area contributed by atoms with Crippen LogP contribution in [0.15, 0.2) is 35.3 Å². The van der Waals surface area contributed by atoms with Crippen LogP contribution in [-0.4, -0.2) is 100 Å². The van der Waals surface area contributed by atoms with E-state index in [0.717, 1.165) is 84.6 Å². The zero-order chi connectivity index (χ0) is 20.3. The van der Waals surface area contributed by atoms with Gasteiger partial charge in [-0.1, -0.05) is 18.2 Å². The molecule has 2 fully saturated rings. The molecular weight excluding hydrogens is 491 g/mol. The van der Waals surface area contributed by atoms with E-state index in [-0.39, 0.29) is 24.0 Å². The van der Waals surface area contributed by atoms with Gasteiger partial charge in [0.05, 0.1) is 19.8 Å². The molecule has 0 aromatic heterocycles. The van der Waals surface area contributed by atoms with Crippen molar-refractivity contribution in [1.82, 2.24) is 20.4 Å². The number of hydrogen-bond donors (Lipinski definition) is 2. The van der Waals surface area contributed by atoms with Crippen LogP contribution >= 0.6 is 24.0 Å². The highest BCUT2D eigenvalue weighted by molar-refractivity contribution is 14.0. The van der Waals surface area contributed by atoms with Crippen molar-refractivity contribution in [1.29, 1.82) is 0 Å². The number of halogens is 1. The number of aliphatic imine (C=N–C) groups is 1. The summed E-state index contributed by atoms with van der Waals surface area (Å²) in [7, 11) is 0. The molecular formula is C22H39IN6O. The van der Waals surface area contributed by atoms with E-state index in [4.69, 9.17) is 9.73 Å². The van der Waals surface area contributed by atoms with Gasteiger partial charge in [-0.05, 0) is 26.0 Å². The molecule has 0 saturated carbocycles. The van der Waals surface area contributed by atoms with Crippen LogP contribution in [0.3, 0.4) is 0 Å². The summed E-state index contributed by atoms with van der Waals surface area (Å²) in [6.07, 6.45) is 0. The number of piperazine rings is 1. The van der Waals surface area contributed by atoms with Gasteiger partial charge in [-0.3, -0.25) is 14.8 Å². The summed E-state index contributed by atoms with van der Waals surface area (Å²) in [5.74, 6) is 0.926. The number of hydrogen-bond acceptors (Lipinski definition) is 5. The van der Waals surface area contributed by atoms with Gasteiger partial charge in [0.15, 0.2) is 5.96 Å². The van der Waals surface area contributed by atoms with Crippen molar-refractivity contribution >= 4 is 35.6 Å². The number of morpholine rings is 1. The van der Waals surface area contributed by atoms with Crippen molar-refractivity contribution in [2.24, 2.45) is 4.99 Å². The second-order valence-electron chi connectivity index (χ2n) is 7.81. The lowest BCUT2D eigenvalue weighted by atomic mass is 10.2. The molecule has 30 heavy (non-hydrogen) atoms. The van der Waals surface area contributed by atoms with Crippen LogP contribution in [-0.2, 0) is 4.74 Å². The number of guanidine groups is 1. The number of nitrogens with zero attached hydrogens (tertiary/aromatic N) is 4. The maximum absolute atomic E-state index is 5.41. The van der Waals surface area contributed by atoms with Crippen LogP contribution in [0.25, 0.3) is 0 Å². The lowest BCUT2D eigenvalue weighted by Gasteiger charge is -2.38. The maximum Gasteiger partial charge on any atom is 0.191 e. The third-order valence-corrected chi connectivity index (χ3v) is 5.74. The predicted octanol–water partition coefficient (Wildman–Crippen LogP) is 1.70. The van der Waals surface area contributed by atoms with E-state index >= 15 is 0 Å². The molecule has 2 heterocycles. The van der Waals surface area contributed by atoms with E-state index in [1.165, 1.54) is 5.69 Å². The van der Waals surface area contributed by atoms with Crippen molar-refractivity contribution < 1.29 is 4.74 Å². The van der Waals surface area contributed by atoms with Gasteiger partial charge < -0.3 is 20.3 Å². The predicted molar refractivity (Wildman–Crippen MR) is 136 cm³/mol. The number of ether oxygens (including phenoxy) is 1. The molecule has 2 aliphatic rings. The lowest BCUT2D eigenvalue weighted by Crippen LogP contribution is -2.50. The Kier molecular flexibility index (Phi) is 11.8. The minimum absolute atomic E-state index is 0. The van der Waals surface area contributed by atoms with Gasteiger partial charge >= 0.3 is 0 Å². The van der Waals surface area contributed by atoms with Crippen LogP contribution in [0.1, 0.15) is 13.8 Å². The molecule has 0 spiro atoms. The Morgan fingerprint density at radius 1 is 1.03 bits per heavy atom. The second-order valence-corrected chi connectivity index (χ2v) is 7.81. The summed E-state index contributed by atoms with van der Waals surface area (Å²) in [5, 5.41) is 6.86. The number of benzene rings is 1. The summed E-state index contributed by atoms with van der Waals surface area (Å²) < 4.78 is 5.41. The molecule has 170 valence electrons. The summed E-state index contributed by atoms with van der Waals surface area (Å²) in [6.45, 7) is 16.1. The summed E-state index contributed by atoms with van der Waals surface area (Å²) >= 11 is 0. The van der Waals surface area contributed by atoms with Crippen molar-refractivity contribution in [3.63, 3.8) is 0 Å². The molecule has 7 nitrogen and oxygen atoms in total. The van der Waals surface area contributed by atoms with E-state index in [1.54, 1.807) is 0 Å². The highest BCUT2D eigenvalue weighted by atomic mass is 127.